The third-order valence-electron chi connectivity index (χ3n) is 1.80. The van der Waals surface area contributed by atoms with Gasteiger partial charge in [-0.2, -0.15) is 0 Å². The van der Waals surface area contributed by atoms with Crippen molar-refractivity contribution in [3.63, 3.8) is 0 Å². The van der Waals surface area contributed by atoms with E-state index in [4.69, 9.17) is 0 Å². The van der Waals surface area contributed by atoms with Crippen LogP contribution >= 0.6 is 11.3 Å². The van der Waals surface area contributed by atoms with E-state index in [-0.39, 0.29) is 16.0 Å². The van der Waals surface area contributed by atoms with Crippen molar-refractivity contribution in [2.24, 2.45) is 0 Å². The average molecular weight is 212 g/mol. The minimum Gasteiger partial charge on any atom is -0.371 e. The van der Waals surface area contributed by atoms with Gasteiger partial charge >= 0.3 is 5.00 Å². The van der Waals surface area contributed by atoms with Crippen molar-refractivity contribution >= 4 is 21.3 Å². The molecule has 0 aliphatic carbocycles. The first-order valence-electron chi connectivity index (χ1n) is 4.18. The molecule has 1 heterocycles. The molecular formula is C9H12N2O2S. The van der Waals surface area contributed by atoms with Crippen molar-refractivity contribution in [3.05, 3.63) is 34.4 Å². The van der Waals surface area contributed by atoms with Gasteiger partial charge < -0.3 is 5.32 Å². The van der Waals surface area contributed by atoms with Crippen LogP contribution in [0, 0.1) is 17.0 Å². The summed E-state index contributed by atoms with van der Waals surface area (Å²) in [5, 5.41) is 14.6. The summed E-state index contributed by atoms with van der Waals surface area (Å²) >= 11 is 1.15. The van der Waals surface area contributed by atoms with Gasteiger partial charge in [0.1, 0.15) is 0 Å². The van der Waals surface area contributed by atoms with Crippen molar-refractivity contribution in [2.75, 3.05) is 5.32 Å². The summed E-state index contributed by atoms with van der Waals surface area (Å²) in [6.07, 6.45) is 1.75. The predicted molar refractivity (Wildman–Crippen MR) is 59.0 cm³/mol. The molecule has 0 spiro atoms. The summed E-state index contributed by atoms with van der Waals surface area (Å²) in [7, 11) is 0. The van der Waals surface area contributed by atoms with Crippen LogP contribution in [0.1, 0.15) is 12.5 Å². The van der Waals surface area contributed by atoms with Crippen molar-refractivity contribution in [3.8, 4) is 0 Å². The van der Waals surface area contributed by atoms with Crippen molar-refractivity contribution in [1.82, 2.24) is 0 Å². The second-order valence-electron chi connectivity index (χ2n) is 3.02. The van der Waals surface area contributed by atoms with E-state index < -0.39 is 0 Å². The summed E-state index contributed by atoms with van der Waals surface area (Å²) in [5.41, 5.74) is 0.899. The van der Waals surface area contributed by atoms with Gasteiger partial charge in [0.15, 0.2) is 0 Å². The normalized spacial score (nSPS) is 12.1. The SMILES string of the molecule is C=CC(C)Nc1sc([N+](=O)[O-])cc1C. The Bertz CT molecular complexity index is 360. The summed E-state index contributed by atoms with van der Waals surface area (Å²) in [6, 6.07) is 1.69. The minimum atomic E-state index is -0.374. The Hall–Kier alpha value is -1.36. The van der Waals surface area contributed by atoms with Gasteiger partial charge in [-0.1, -0.05) is 6.08 Å². The third-order valence-corrected chi connectivity index (χ3v) is 2.92. The molecule has 1 N–H and O–H groups in total. The van der Waals surface area contributed by atoms with E-state index in [9.17, 15) is 10.1 Å². The fraction of sp³-hybridized carbons (Fsp3) is 0.333. The lowest BCUT2D eigenvalue weighted by Crippen LogP contribution is -2.10. The number of aryl methyl sites for hydroxylation is 1. The van der Waals surface area contributed by atoms with Crippen LogP contribution in [0.15, 0.2) is 18.7 Å². The van der Waals surface area contributed by atoms with E-state index in [2.05, 4.69) is 11.9 Å². The summed E-state index contributed by atoms with van der Waals surface area (Å²) in [4.78, 5) is 10.1. The Kier molecular flexibility index (Phi) is 3.24. The Morgan fingerprint density at radius 1 is 1.79 bits per heavy atom. The molecule has 0 aromatic carbocycles. The number of hydrogen-bond donors (Lipinski definition) is 1. The number of thiophene rings is 1. The molecule has 0 aliphatic heterocycles. The maximum atomic E-state index is 10.5. The topological polar surface area (TPSA) is 55.2 Å². The highest BCUT2D eigenvalue weighted by molar-refractivity contribution is 7.19. The summed E-state index contributed by atoms with van der Waals surface area (Å²) in [6.45, 7) is 7.43. The van der Waals surface area contributed by atoms with Gasteiger partial charge in [0, 0.05) is 12.1 Å². The molecule has 1 atom stereocenters. The standard InChI is InChI=1S/C9H12N2O2S/c1-4-7(3)10-9-6(2)5-8(14-9)11(12)13/h4-5,7,10H,1H2,2-3H3. The van der Waals surface area contributed by atoms with Crippen LogP contribution in [0.3, 0.4) is 0 Å². The molecule has 0 radical (unpaired) electrons. The van der Waals surface area contributed by atoms with E-state index in [1.165, 1.54) is 0 Å². The maximum Gasteiger partial charge on any atom is 0.326 e. The van der Waals surface area contributed by atoms with Gasteiger partial charge in [0.2, 0.25) is 0 Å². The Labute approximate surface area is 86.4 Å². The number of nitrogens with zero attached hydrogens (tertiary/aromatic N) is 1. The van der Waals surface area contributed by atoms with Crippen LogP contribution in [-0.2, 0) is 0 Å². The predicted octanol–water partition coefficient (Wildman–Crippen LogP) is 2.95. The van der Waals surface area contributed by atoms with Crippen LogP contribution in [0.25, 0.3) is 0 Å². The lowest BCUT2D eigenvalue weighted by molar-refractivity contribution is -0.380. The van der Waals surface area contributed by atoms with Crippen LogP contribution in [0.5, 0.6) is 0 Å². The van der Waals surface area contributed by atoms with Crippen LogP contribution in [0.4, 0.5) is 10.0 Å². The smallest absolute Gasteiger partial charge is 0.326 e. The first-order valence-corrected chi connectivity index (χ1v) is 5.00. The number of nitro groups is 1. The molecule has 5 heteroatoms. The highest BCUT2D eigenvalue weighted by Crippen LogP contribution is 2.33. The van der Waals surface area contributed by atoms with Crippen molar-refractivity contribution in [1.29, 1.82) is 0 Å². The molecule has 76 valence electrons. The van der Waals surface area contributed by atoms with Crippen molar-refractivity contribution < 1.29 is 4.92 Å². The first kappa shape index (κ1) is 10.7. The van der Waals surface area contributed by atoms with Crippen LogP contribution in [0.2, 0.25) is 0 Å². The summed E-state index contributed by atoms with van der Waals surface area (Å²) in [5.74, 6) is 0. The van der Waals surface area contributed by atoms with E-state index in [1.807, 2.05) is 13.8 Å². The van der Waals surface area contributed by atoms with Gasteiger partial charge in [-0.25, -0.2) is 0 Å². The Balaban J connectivity index is 2.87. The highest BCUT2D eigenvalue weighted by atomic mass is 32.1. The molecule has 0 saturated carbocycles. The second kappa shape index (κ2) is 4.23. The lowest BCUT2D eigenvalue weighted by atomic mass is 10.3. The molecule has 1 rings (SSSR count). The molecule has 1 aromatic rings. The van der Waals surface area contributed by atoms with Crippen LogP contribution in [-0.4, -0.2) is 11.0 Å². The Morgan fingerprint density at radius 3 is 2.86 bits per heavy atom. The van der Waals surface area contributed by atoms with Gasteiger partial charge in [-0.05, 0) is 30.7 Å². The molecular weight excluding hydrogens is 200 g/mol. The lowest BCUT2D eigenvalue weighted by Gasteiger charge is -2.08. The number of nitrogens with one attached hydrogen (secondary N) is 1. The molecule has 0 saturated heterocycles. The molecule has 14 heavy (non-hydrogen) atoms. The largest absolute Gasteiger partial charge is 0.371 e. The molecule has 0 aliphatic rings. The number of rotatable bonds is 4. The molecule has 0 amide bonds. The maximum absolute atomic E-state index is 10.5. The van der Waals surface area contributed by atoms with E-state index in [0.717, 1.165) is 21.9 Å². The van der Waals surface area contributed by atoms with E-state index >= 15 is 0 Å². The number of hydrogen-bond acceptors (Lipinski definition) is 4. The average Bonchev–Trinajstić information content (AvgIpc) is 2.48. The van der Waals surface area contributed by atoms with Gasteiger partial charge in [-0.3, -0.25) is 10.1 Å². The molecule has 1 unspecified atom stereocenters. The zero-order valence-corrected chi connectivity index (χ0v) is 8.93. The third kappa shape index (κ3) is 2.32. The monoisotopic (exact) mass is 212 g/mol. The molecule has 0 fully saturated rings. The van der Waals surface area contributed by atoms with Gasteiger partial charge in [0.05, 0.1) is 9.92 Å². The summed E-state index contributed by atoms with van der Waals surface area (Å²) < 4.78 is 0. The molecule has 4 nitrogen and oxygen atoms in total. The Morgan fingerprint density at radius 2 is 2.43 bits per heavy atom. The second-order valence-corrected chi connectivity index (χ2v) is 4.05. The fourth-order valence-electron chi connectivity index (χ4n) is 0.964. The quantitative estimate of drug-likeness (QED) is 0.474. The first-order chi connectivity index (χ1) is 6.54. The molecule has 0 bridgehead atoms. The zero-order chi connectivity index (χ0) is 10.7. The van der Waals surface area contributed by atoms with Crippen molar-refractivity contribution in [2.45, 2.75) is 19.9 Å². The minimum absolute atomic E-state index is 0.118. The molecule has 1 aromatic heterocycles. The van der Waals surface area contributed by atoms with Gasteiger partial charge in [-0.15, -0.1) is 6.58 Å². The highest BCUT2D eigenvalue weighted by Gasteiger charge is 2.14. The number of anilines is 1. The van der Waals surface area contributed by atoms with Crippen LogP contribution < -0.4 is 5.32 Å². The fourth-order valence-corrected chi connectivity index (χ4v) is 1.95. The zero-order valence-electron chi connectivity index (χ0n) is 8.11. The van der Waals surface area contributed by atoms with Gasteiger partial charge in [0.25, 0.3) is 0 Å². The van der Waals surface area contributed by atoms with E-state index in [0.29, 0.717) is 0 Å². The van der Waals surface area contributed by atoms with E-state index in [1.54, 1.807) is 12.1 Å².